The summed E-state index contributed by atoms with van der Waals surface area (Å²) in [5.41, 5.74) is -0.355. The van der Waals surface area contributed by atoms with Crippen LogP contribution in [0.15, 0.2) is 56.6 Å². The Labute approximate surface area is 142 Å². The standard InChI is InChI=1S/C17H13NO6S/c1-10(19)23-13-8-4-3-6-11(13)16-18-12-7-5-9-14(25(2,21)22)15(12)17(20)24-16/h3-9H,1-2H3. The molecule has 7 nitrogen and oxygen atoms in total. The zero-order valence-corrected chi connectivity index (χ0v) is 14.2. The van der Waals surface area contributed by atoms with Crippen molar-refractivity contribution in [1.82, 2.24) is 4.98 Å². The van der Waals surface area contributed by atoms with Crippen molar-refractivity contribution in [1.29, 1.82) is 0 Å². The molecule has 0 unspecified atom stereocenters. The summed E-state index contributed by atoms with van der Waals surface area (Å²) in [6, 6.07) is 10.8. The molecule has 0 aliphatic heterocycles. The van der Waals surface area contributed by atoms with Crippen LogP contribution in [0.25, 0.3) is 22.4 Å². The van der Waals surface area contributed by atoms with Gasteiger partial charge in [-0.15, -0.1) is 0 Å². The molecule has 2 aromatic carbocycles. The van der Waals surface area contributed by atoms with E-state index in [1.807, 2.05) is 0 Å². The van der Waals surface area contributed by atoms with Crippen molar-refractivity contribution in [2.45, 2.75) is 11.8 Å². The van der Waals surface area contributed by atoms with Gasteiger partial charge >= 0.3 is 11.6 Å². The first-order valence-electron chi connectivity index (χ1n) is 7.19. The van der Waals surface area contributed by atoms with Crippen LogP contribution in [0.2, 0.25) is 0 Å². The molecule has 0 N–H and O–H groups in total. The molecule has 0 atom stereocenters. The predicted octanol–water partition coefficient (Wildman–Crippen LogP) is 2.18. The van der Waals surface area contributed by atoms with Crippen LogP contribution in [-0.4, -0.2) is 25.6 Å². The number of carbonyl (C=O) groups excluding carboxylic acids is 1. The van der Waals surface area contributed by atoms with Gasteiger partial charge in [-0.1, -0.05) is 18.2 Å². The normalized spacial score (nSPS) is 11.4. The van der Waals surface area contributed by atoms with Gasteiger partial charge in [0.1, 0.15) is 11.1 Å². The minimum Gasteiger partial charge on any atom is -0.426 e. The predicted molar refractivity (Wildman–Crippen MR) is 90.1 cm³/mol. The van der Waals surface area contributed by atoms with Crippen LogP contribution in [0.4, 0.5) is 0 Å². The quantitative estimate of drug-likeness (QED) is 0.521. The van der Waals surface area contributed by atoms with Gasteiger partial charge < -0.3 is 9.15 Å². The molecule has 1 heterocycles. The molecule has 0 radical (unpaired) electrons. The molecule has 0 aliphatic rings. The van der Waals surface area contributed by atoms with E-state index in [0.29, 0.717) is 5.56 Å². The monoisotopic (exact) mass is 359 g/mol. The summed E-state index contributed by atoms with van der Waals surface area (Å²) >= 11 is 0. The highest BCUT2D eigenvalue weighted by Gasteiger charge is 2.19. The van der Waals surface area contributed by atoms with E-state index in [9.17, 15) is 18.0 Å². The Bertz CT molecular complexity index is 1150. The number of nitrogens with zero attached hydrogens (tertiary/aromatic N) is 1. The molecule has 0 saturated heterocycles. The van der Waals surface area contributed by atoms with Gasteiger partial charge in [0.15, 0.2) is 9.84 Å². The first-order chi connectivity index (χ1) is 11.8. The van der Waals surface area contributed by atoms with Crippen molar-refractivity contribution in [2.24, 2.45) is 0 Å². The molecule has 0 amide bonds. The van der Waals surface area contributed by atoms with Crippen molar-refractivity contribution >= 4 is 26.7 Å². The fourth-order valence-electron chi connectivity index (χ4n) is 2.40. The number of para-hydroxylation sites is 1. The number of benzene rings is 2. The van der Waals surface area contributed by atoms with Crippen LogP contribution in [0.3, 0.4) is 0 Å². The lowest BCUT2D eigenvalue weighted by Crippen LogP contribution is -2.09. The third-order valence-electron chi connectivity index (χ3n) is 3.39. The molecule has 0 saturated carbocycles. The molecule has 0 fully saturated rings. The molecule has 3 rings (SSSR count). The molecule has 8 heteroatoms. The molecule has 25 heavy (non-hydrogen) atoms. The van der Waals surface area contributed by atoms with Crippen molar-refractivity contribution < 1.29 is 22.4 Å². The summed E-state index contributed by atoms with van der Waals surface area (Å²) in [6.07, 6.45) is 1.01. The lowest BCUT2D eigenvalue weighted by molar-refractivity contribution is -0.131. The van der Waals surface area contributed by atoms with Gasteiger partial charge in [0.2, 0.25) is 5.89 Å². The summed E-state index contributed by atoms with van der Waals surface area (Å²) < 4.78 is 34.0. The molecule has 3 aromatic rings. The first kappa shape index (κ1) is 16.8. The van der Waals surface area contributed by atoms with Gasteiger partial charge in [0.05, 0.1) is 16.0 Å². The van der Waals surface area contributed by atoms with Gasteiger partial charge in [-0.3, -0.25) is 4.79 Å². The van der Waals surface area contributed by atoms with E-state index in [-0.39, 0.29) is 27.4 Å². The number of sulfone groups is 1. The Kier molecular flexibility index (Phi) is 4.13. The zero-order chi connectivity index (χ0) is 18.2. The summed E-state index contributed by atoms with van der Waals surface area (Å²) in [7, 11) is -3.62. The van der Waals surface area contributed by atoms with E-state index in [1.165, 1.54) is 31.2 Å². The zero-order valence-electron chi connectivity index (χ0n) is 13.3. The number of aromatic nitrogens is 1. The highest BCUT2D eigenvalue weighted by molar-refractivity contribution is 7.91. The summed E-state index contributed by atoms with van der Waals surface area (Å²) in [6.45, 7) is 1.25. The average Bonchev–Trinajstić information content (AvgIpc) is 2.53. The lowest BCUT2D eigenvalue weighted by Gasteiger charge is -2.08. The van der Waals surface area contributed by atoms with Crippen LogP contribution >= 0.6 is 0 Å². The molecular formula is C17H13NO6S. The molecular weight excluding hydrogens is 346 g/mol. The van der Waals surface area contributed by atoms with E-state index < -0.39 is 21.4 Å². The number of hydrogen-bond acceptors (Lipinski definition) is 7. The Morgan fingerprint density at radius 1 is 1.12 bits per heavy atom. The molecule has 128 valence electrons. The third-order valence-corrected chi connectivity index (χ3v) is 4.53. The number of fused-ring (bicyclic) bond motifs is 1. The number of hydrogen-bond donors (Lipinski definition) is 0. The Morgan fingerprint density at radius 2 is 1.84 bits per heavy atom. The maximum absolute atomic E-state index is 12.4. The van der Waals surface area contributed by atoms with Crippen molar-refractivity contribution in [2.75, 3.05) is 6.26 Å². The lowest BCUT2D eigenvalue weighted by atomic mass is 10.2. The van der Waals surface area contributed by atoms with E-state index in [1.54, 1.807) is 18.2 Å². The topological polar surface area (TPSA) is 104 Å². The van der Waals surface area contributed by atoms with Crippen LogP contribution < -0.4 is 10.4 Å². The average molecular weight is 359 g/mol. The number of rotatable bonds is 3. The van der Waals surface area contributed by atoms with Crippen molar-refractivity contribution in [3.63, 3.8) is 0 Å². The van der Waals surface area contributed by atoms with Gasteiger partial charge in [0.25, 0.3) is 0 Å². The highest BCUT2D eigenvalue weighted by Crippen LogP contribution is 2.29. The van der Waals surface area contributed by atoms with E-state index in [0.717, 1.165) is 6.26 Å². The molecule has 1 aromatic heterocycles. The first-order valence-corrected chi connectivity index (χ1v) is 9.08. The number of esters is 1. The Balaban J connectivity index is 2.29. The van der Waals surface area contributed by atoms with Crippen LogP contribution in [-0.2, 0) is 14.6 Å². The van der Waals surface area contributed by atoms with Crippen molar-refractivity contribution in [3.8, 4) is 17.2 Å². The Hall–Kier alpha value is -3.00. The molecule has 0 spiro atoms. The van der Waals surface area contributed by atoms with Gasteiger partial charge in [-0.2, -0.15) is 0 Å². The number of ether oxygens (including phenoxy) is 1. The van der Waals surface area contributed by atoms with E-state index >= 15 is 0 Å². The highest BCUT2D eigenvalue weighted by atomic mass is 32.2. The van der Waals surface area contributed by atoms with E-state index in [4.69, 9.17) is 9.15 Å². The smallest absolute Gasteiger partial charge is 0.348 e. The third kappa shape index (κ3) is 3.29. The number of carbonyl (C=O) groups is 1. The largest absolute Gasteiger partial charge is 0.426 e. The van der Waals surface area contributed by atoms with E-state index in [2.05, 4.69) is 4.98 Å². The molecule has 0 aliphatic carbocycles. The van der Waals surface area contributed by atoms with Crippen LogP contribution in [0.1, 0.15) is 6.92 Å². The maximum Gasteiger partial charge on any atom is 0.348 e. The van der Waals surface area contributed by atoms with Gasteiger partial charge in [0, 0.05) is 13.2 Å². The second kappa shape index (κ2) is 6.14. The van der Waals surface area contributed by atoms with Gasteiger partial charge in [-0.05, 0) is 24.3 Å². The molecule has 0 bridgehead atoms. The van der Waals surface area contributed by atoms with Gasteiger partial charge in [-0.25, -0.2) is 18.2 Å². The maximum atomic E-state index is 12.4. The summed E-state index contributed by atoms with van der Waals surface area (Å²) in [5, 5.41) is -0.112. The minimum atomic E-state index is -3.62. The van der Waals surface area contributed by atoms with Crippen LogP contribution in [0, 0.1) is 0 Å². The Morgan fingerprint density at radius 3 is 2.52 bits per heavy atom. The second-order valence-electron chi connectivity index (χ2n) is 5.32. The summed E-state index contributed by atoms with van der Waals surface area (Å²) in [5.74, 6) is -0.417. The fourth-order valence-corrected chi connectivity index (χ4v) is 3.28. The van der Waals surface area contributed by atoms with Crippen LogP contribution in [0.5, 0.6) is 5.75 Å². The minimum absolute atomic E-state index is 0.0694. The SMILES string of the molecule is CC(=O)Oc1ccccc1-c1nc2cccc(S(C)(=O)=O)c2c(=O)o1. The fraction of sp³-hybridized carbons (Fsp3) is 0.118. The summed E-state index contributed by atoms with van der Waals surface area (Å²) in [4.78, 5) is 27.7. The van der Waals surface area contributed by atoms with Crippen molar-refractivity contribution in [3.05, 3.63) is 52.9 Å². The second-order valence-corrected chi connectivity index (χ2v) is 7.30.